The first-order chi connectivity index (χ1) is 7.18. The van der Waals surface area contributed by atoms with Gasteiger partial charge < -0.3 is 5.73 Å². The van der Waals surface area contributed by atoms with E-state index in [-0.39, 0.29) is 6.04 Å². The second-order valence-corrected chi connectivity index (χ2v) is 3.96. The molecule has 2 aromatic rings. The highest BCUT2D eigenvalue weighted by molar-refractivity contribution is 5.32. The summed E-state index contributed by atoms with van der Waals surface area (Å²) in [7, 11) is 0. The van der Waals surface area contributed by atoms with Gasteiger partial charge in [-0.1, -0.05) is 13.8 Å². The van der Waals surface area contributed by atoms with E-state index < -0.39 is 0 Å². The SMILES string of the molecule is CC(C)C(N)Cc1cncc2nnnn12. The summed E-state index contributed by atoms with van der Waals surface area (Å²) in [5.74, 6) is 0.428. The van der Waals surface area contributed by atoms with Crippen LogP contribution in [0.25, 0.3) is 5.65 Å². The molecule has 0 aromatic carbocycles. The maximum atomic E-state index is 6.00. The standard InChI is InChI=1S/C9H14N6/c1-6(2)8(10)3-7-4-11-5-9-12-13-14-15(7)9/h4-6,8H,3,10H2,1-2H3. The van der Waals surface area contributed by atoms with Gasteiger partial charge in [-0.2, -0.15) is 4.52 Å². The predicted molar refractivity (Wildman–Crippen MR) is 55.1 cm³/mol. The first-order valence-electron chi connectivity index (χ1n) is 4.95. The van der Waals surface area contributed by atoms with Crippen LogP contribution < -0.4 is 5.73 Å². The van der Waals surface area contributed by atoms with Crippen molar-refractivity contribution in [3.05, 3.63) is 18.1 Å². The Balaban J connectivity index is 2.31. The van der Waals surface area contributed by atoms with Gasteiger partial charge in [-0.15, -0.1) is 5.10 Å². The van der Waals surface area contributed by atoms with Gasteiger partial charge in [0.25, 0.3) is 0 Å². The topological polar surface area (TPSA) is 82.0 Å². The predicted octanol–water partition coefficient (Wildman–Crippen LogP) is 0.0451. The van der Waals surface area contributed by atoms with Crippen LogP contribution >= 0.6 is 0 Å². The molecule has 6 nitrogen and oxygen atoms in total. The molecule has 1 unspecified atom stereocenters. The van der Waals surface area contributed by atoms with Crippen molar-refractivity contribution in [3.63, 3.8) is 0 Å². The molecule has 0 radical (unpaired) electrons. The summed E-state index contributed by atoms with van der Waals surface area (Å²) in [6.45, 7) is 4.19. The third-order valence-electron chi connectivity index (χ3n) is 2.48. The Morgan fingerprint density at radius 3 is 2.93 bits per heavy atom. The molecular formula is C9H14N6. The fourth-order valence-corrected chi connectivity index (χ4v) is 1.34. The molecule has 1 atom stereocenters. The van der Waals surface area contributed by atoms with E-state index in [1.165, 1.54) is 0 Å². The van der Waals surface area contributed by atoms with E-state index in [0.29, 0.717) is 11.6 Å². The highest BCUT2D eigenvalue weighted by Gasteiger charge is 2.12. The third-order valence-corrected chi connectivity index (χ3v) is 2.48. The Kier molecular flexibility index (Phi) is 2.59. The Bertz CT molecular complexity index is 449. The molecule has 0 fully saturated rings. The van der Waals surface area contributed by atoms with Crippen molar-refractivity contribution in [2.45, 2.75) is 26.3 Å². The number of tetrazole rings is 1. The summed E-state index contributed by atoms with van der Waals surface area (Å²) in [6.07, 6.45) is 4.11. The van der Waals surface area contributed by atoms with Crippen LogP contribution in [0.15, 0.2) is 12.4 Å². The van der Waals surface area contributed by atoms with Gasteiger partial charge >= 0.3 is 0 Å². The van der Waals surface area contributed by atoms with Crippen molar-refractivity contribution >= 4 is 5.65 Å². The minimum absolute atomic E-state index is 0.0987. The molecule has 0 spiro atoms. The lowest BCUT2D eigenvalue weighted by Gasteiger charge is -2.15. The van der Waals surface area contributed by atoms with E-state index in [1.807, 2.05) is 0 Å². The Morgan fingerprint density at radius 1 is 1.40 bits per heavy atom. The summed E-state index contributed by atoms with van der Waals surface area (Å²) in [5.41, 5.74) is 7.60. The molecule has 0 saturated carbocycles. The summed E-state index contributed by atoms with van der Waals surface area (Å²) >= 11 is 0. The minimum atomic E-state index is 0.0987. The molecule has 0 bridgehead atoms. The van der Waals surface area contributed by atoms with Crippen LogP contribution in [0.2, 0.25) is 0 Å². The van der Waals surface area contributed by atoms with Gasteiger partial charge in [0.15, 0.2) is 5.65 Å². The zero-order valence-electron chi connectivity index (χ0n) is 8.83. The van der Waals surface area contributed by atoms with Gasteiger partial charge in [-0.25, -0.2) is 0 Å². The Hall–Kier alpha value is -1.56. The Morgan fingerprint density at radius 2 is 2.20 bits per heavy atom. The summed E-state index contributed by atoms with van der Waals surface area (Å²) in [4.78, 5) is 4.08. The lowest BCUT2D eigenvalue weighted by molar-refractivity contribution is 0.481. The number of hydrogen-bond donors (Lipinski definition) is 1. The number of nitrogens with two attached hydrogens (primary N) is 1. The van der Waals surface area contributed by atoms with Gasteiger partial charge in [-0.05, 0) is 16.3 Å². The molecule has 0 saturated heterocycles. The van der Waals surface area contributed by atoms with E-state index in [2.05, 4.69) is 34.4 Å². The van der Waals surface area contributed by atoms with E-state index in [1.54, 1.807) is 16.9 Å². The van der Waals surface area contributed by atoms with Crippen molar-refractivity contribution in [3.8, 4) is 0 Å². The second-order valence-electron chi connectivity index (χ2n) is 3.96. The smallest absolute Gasteiger partial charge is 0.197 e. The maximum Gasteiger partial charge on any atom is 0.197 e. The highest BCUT2D eigenvalue weighted by atomic mass is 15.5. The normalized spacial score (nSPS) is 13.6. The molecule has 2 heterocycles. The van der Waals surface area contributed by atoms with Crippen LogP contribution in [0.4, 0.5) is 0 Å². The van der Waals surface area contributed by atoms with Crippen LogP contribution in [0.3, 0.4) is 0 Å². The average Bonchev–Trinajstić information content (AvgIpc) is 2.66. The molecule has 0 aliphatic carbocycles. The van der Waals surface area contributed by atoms with E-state index in [4.69, 9.17) is 5.73 Å². The van der Waals surface area contributed by atoms with Gasteiger partial charge in [-0.3, -0.25) is 4.98 Å². The van der Waals surface area contributed by atoms with E-state index in [9.17, 15) is 0 Å². The second kappa shape index (κ2) is 3.90. The Labute approximate surface area is 87.5 Å². The molecule has 0 aliphatic rings. The summed E-state index contributed by atoms with van der Waals surface area (Å²) in [6, 6.07) is 0.0987. The molecule has 15 heavy (non-hydrogen) atoms. The van der Waals surface area contributed by atoms with Crippen molar-refractivity contribution < 1.29 is 0 Å². The average molecular weight is 206 g/mol. The monoisotopic (exact) mass is 206 g/mol. The van der Waals surface area contributed by atoms with E-state index >= 15 is 0 Å². The summed E-state index contributed by atoms with van der Waals surface area (Å²) < 4.78 is 1.68. The molecule has 6 heteroatoms. The zero-order valence-corrected chi connectivity index (χ0v) is 8.83. The van der Waals surface area contributed by atoms with Crippen LogP contribution in [0.5, 0.6) is 0 Å². The van der Waals surface area contributed by atoms with Crippen LogP contribution in [-0.2, 0) is 6.42 Å². The van der Waals surface area contributed by atoms with Crippen LogP contribution in [0.1, 0.15) is 19.5 Å². The fraction of sp³-hybridized carbons (Fsp3) is 0.556. The first kappa shape index (κ1) is 9.97. The molecule has 2 N–H and O–H groups in total. The molecular weight excluding hydrogens is 192 g/mol. The van der Waals surface area contributed by atoms with Gasteiger partial charge in [0, 0.05) is 18.7 Å². The summed E-state index contributed by atoms with van der Waals surface area (Å²) in [5, 5.41) is 11.3. The van der Waals surface area contributed by atoms with Crippen molar-refractivity contribution in [1.29, 1.82) is 0 Å². The van der Waals surface area contributed by atoms with Crippen molar-refractivity contribution in [1.82, 2.24) is 25.0 Å². The van der Waals surface area contributed by atoms with Gasteiger partial charge in [0.1, 0.15) is 0 Å². The van der Waals surface area contributed by atoms with Crippen LogP contribution in [-0.4, -0.2) is 31.1 Å². The first-order valence-corrected chi connectivity index (χ1v) is 4.95. The van der Waals surface area contributed by atoms with Gasteiger partial charge in [0.05, 0.1) is 11.9 Å². The fourth-order valence-electron chi connectivity index (χ4n) is 1.34. The minimum Gasteiger partial charge on any atom is -0.327 e. The molecule has 80 valence electrons. The van der Waals surface area contributed by atoms with Gasteiger partial charge in [0.2, 0.25) is 0 Å². The lowest BCUT2D eigenvalue weighted by Crippen LogP contribution is -2.29. The number of nitrogens with zero attached hydrogens (tertiary/aromatic N) is 5. The largest absolute Gasteiger partial charge is 0.327 e. The van der Waals surface area contributed by atoms with Crippen LogP contribution in [0, 0.1) is 5.92 Å². The highest BCUT2D eigenvalue weighted by Crippen LogP contribution is 2.07. The number of fused-ring (bicyclic) bond motifs is 1. The maximum absolute atomic E-state index is 6.00. The number of aromatic nitrogens is 5. The molecule has 2 aromatic heterocycles. The molecule has 2 rings (SSSR count). The van der Waals surface area contributed by atoms with Crippen molar-refractivity contribution in [2.75, 3.05) is 0 Å². The zero-order chi connectivity index (χ0) is 10.8. The quantitative estimate of drug-likeness (QED) is 0.767. The molecule has 0 amide bonds. The lowest BCUT2D eigenvalue weighted by atomic mass is 10.0. The third kappa shape index (κ3) is 1.94. The number of hydrogen-bond acceptors (Lipinski definition) is 5. The number of rotatable bonds is 3. The van der Waals surface area contributed by atoms with E-state index in [0.717, 1.165) is 12.1 Å². The van der Waals surface area contributed by atoms with Crippen molar-refractivity contribution in [2.24, 2.45) is 11.7 Å². The molecule has 0 aliphatic heterocycles.